The van der Waals surface area contributed by atoms with Crippen LogP contribution in [0, 0.1) is 11.3 Å². The lowest BCUT2D eigenvalue weighted by molar-refractivity contribution is 0.158. The normalized spacial score (nSPS) is 13.2. The average Bonchev–Trinajstić information content (AvgIpc) is 2.68. The van der Waals surface area contributed by atoms with Crippen LogP contribution in [0.4, 0.5) is 0 Å². The second-order valence-corrected chi connectivity index (χ2v) is 10.3. The summed E-state index contributed by atoms with van der Waals surface area (Å²) in [5.41, 5.74) is 0.554. The molecule has 0 rings (SSSR count). The molecule has 0 heterocycles. The molecule has 0 amide bonds. The van der Waals surface area contributed by atoms with Crippen LogP contribution in [0.2, 0.25) is 0 Å². The van der Waals surface area contributed by atoms with Crippen LogP contribution >= 0.6 is 0 Å². The van der Waals surface area contributed by atoms with Gasteiger partial charge in [0.25, 0.3) is 0 Å². The van der Waals surface area contributed by atoms with Gasteiger partial charge in [-0.05, 0) is 30.6 Å². The molecule has 1 atom stereocenters. The van der Waals surface area contributed by atoms with Gasteiger partial charge in [0, 0.05) is 0 Å². The van der Waals surface area contributed by atoms with Gasteiger partial charge in [-0.15, -0.1) is 0 Å². The molecular formula is C28H58. The first kappa shape index (κ1) is 28.0. The molecular weight excluding hydrogens is 336 g/mol. The second kappa shape index (κ2) is 20.3. The van der Waals surface area contributed by atoms with Gasteiger partial charge in [-0.25, -0.2) is 0 Å². The number of unbranched alkanes of at least 4 members (excludes halogenated alkanes) is 15. The lowest BCUT2D eigenvalue weighted by Gasteiger charge is -2.35. The van der Waals surface area contributed by atoms with Crippen molar-refractivity contribution in [2.45, 2.75) is 169 Å². The Morgan fingerprint density at radius 1 is 0.429 bits per heavy atom. The van der Waals surface area contributed by atoms with E-state index in [1.165, 1.54) is 135 Å². The Balaban J connectivity index is 4.12. The third-order valence-corrected chi connectivity index (χ3v) is 7.09. The van der Waals surface area contributed by atoms with Gasteiger partial charge in [0.15, 0.2) is 0 Å². The summed E-state index contributed by atoms with van der Waals surface area (Å²) < 4.78 is 0. The third kappa shape index (κ3) is 16.9. The molecule has 0 bridgehead atoms. The highest BCUT2D eigenvalue weighted by atomic mass is 14.3. The van der Waals surface area contributed by atoms with E-state index in [1.807, 2.05) is 0 Å². The van der Waals surface area contributed by atoms with Crippen molar-refractivity contribution in [2.75, 3.05) is 0 Å². The molecule has 0 saturated carbocycles. The maximum absolute atomic E-state index is 2.59. The summed E-state index contributed by atoms with van der Waals surface area (Å²) in [7, 11) is 0. The van der Waals surface area contributed by atoms with Crippen molar-refractivity contribution in [2.24, 2.45) is 11.3 Å². The molecule has 0 N–H and O–H groups in total. The SMILES string of the molecule is CCCCCCCCCCCC(CCCCCC)C(C)(C)CCCCCCC. The quantitative estimate of drug-likeness (QED) is 0.160. The van der Waals surface area contributed by atoms with Gasteiger partial charge in [0.05, 0.1) is 0 Å². The zero-order valence-corrected chi connectivity index (χ0v) is 20.9. The maximum atomic E-state index is 2.59. The largest absolute Gasteiger partial charge is 0.0654 e. The Morgan fingerprint density at radius 2 is 0.750 bits per heavy atom. The van der Waals surface area contributed by atoms with E-state index in [0.29, 0.717) is 5.41 Å². The molecule has 0 fully saturated rings. The summed E-state index contributed by atoms with van der Waals surface area (Å²) >= 11 is 0. The molecule has 0 radical (unpaired) electrons. The van der Waals surface area contributed by atoms with Gasteiger partial charge >= 0.3 is 0 Å². The number of hydrogen-bond acceptors (Lipinski definition) is 0. The summed E-state index contributed by atoms with van der Waals surface area (Å²) in [6.07, 6.45) is 30.4. The minimum Gasteiger partial charge on any atom is -0.0654 e. The first-order chi connectivity index (χ1) is 13.6. The van der Waals surface area contributed by atoms with Crippen LogP contribution in [0.5, 0.6) is 0 Å². The van der Waals surface area contributed by atoms with Crippen molar-refractivity contribution in [1.29, 1.82) is 0 Å². The van der Waals surface area contributed by atoms with E-state index in [1.54, 1.807) is 0 Å². The smallest absolute Gasteiger partial charge is 0.0326 e. The zero-order chi connectivity index (χ0) is 20.9. The summed E-state index contributed by atoms with van der Waals surface area (Å²) in [5.74, 6) is 0.958. The molecule has 0 heteroatoms. The van der Waals surface area contributed by atoms with Gasteiger partial charge in [0.1, 0.15) is 0 Å². The Hall–Kier alpha value is 0. The molecule has 0 aromatic heterocycles. The van der Waals surface area contributed by atoms with Crippen LogP contribution in [-0.2, 0) is 0 Å². The van der Waals surface area contributed by atoms with Crippen LogP contribution in [0.1, 0.15) is 169 Å². The van der Waals surface area contributed by atoms with Crippen molar-refractivity contribution >= 4 is 0 Å². The molecule has 0 saturated heterocycles. The van der Waals surface area contributed by atoms with Crippen molar-refractivity contribution in [3.8, 4) is 0 Å². The minimum absolute atomic E-state index is 0.554. The topological polar surface area (TPSA) is 0 Å². The number of hydrogen-bond donors (Lipinski definition) is 0. The van der Waals surface area contributed by atoms with E-state index in [4.69, 9.17) is 0 Å². The van der Waals surface area contributed by atoms with Gasteiger partial charge in [-0.2, -0.15) is 0 Å². The molecule has 0 aliphatic carbocycles. The standard InChI is InChI=1S/C28H58/c1-6-9-12-15-16-17-18-19-22-25-27(24-21-14-11-8-3)28(4,5)26-23-20-13-10-7-2/h27H,6-26H2,1-5H3. The fourth-order valence-electron chi connectivity index (χ4n) is 4.83. The molecule has 0 nitrogen and oxygen atoms in total. The fraction of sp³-hybridized carbons (Fsp3) is 1.00. The Labute approximate surface area is 181 Å². The van der Waals surface area contributed by atoms with Gasteiger partial charge in [-0.1, -0.05) is 150 Å². The Morgan fingerprint density at radius 3 is 1.18 bits per heavy atom. The predicted octanol–water partition coefficient (Wildman–Crippen LogP) is 10.9. The first-order valence-electron chi connectivity index (χ1n) is 13.6. The van der Waals surface area contributed by atoms with Crippen LogP contribution < -0.4 is 0 Å². The van der Waals surface area contributed by atoms with Crippen molar-refractivity contribution in [3.63, 3.8) is 0 Å². The predicted molar refractivity (Wildman–Crippen MR) is 131 cm³/mol. The highest BCUT2D eigenvalue weighted by Crippen LogP contribution is 2.39. The van der Waals surface area contributed by atoms with Gasteiger partial charge < -0.3 is 0 Å². The van der Waals surface area contributed by atoms with E-state index in [9.17, 15) is 0 Å². The zero-order valence-electron chi connectivity index (χ0n) is 20.9. The van der Waals surface area contributed by atoms with Crippen molar-refractivity contribution in [3.05, 3.63) is 0 Å². The van der Waals surface area contributed by atoms with E-state index in [2.05, 4.69) is 34.6 Å². The van der Waals surface area contributed by atoms with E-state index < -0.39 is 0 Å². The highest BCUT2D eigenvalue weighted by Gasteiger charge is 2.28. The molecule has 0 spiro atoms. The lowest BCUT2D eigenvalue weighted by Crippen LogP contribution is -2.24. The molecule has 28 heavy (non-hydrogen) atoms. The van der Waals surface area contributed by atoms with E-state index in [0.717, 1.165) is 5.92 Å². The summed E-state index contributed by atoms with van der Waals surface area (Å²) in [6.45, 7) is 12.1. The second-order valence-electron chi connectivity index (χ2n) is 10.3. The van der Waals surface area contributed by atoms with Crippen LogP contribution in [0.15, 0.2) is 0 Å². The molecule has 0 aliphatic rings. The summed E-state index contributed by atoms with van der Waals surface area (Å²) in [6, 6.07) is 0. The van der Waals surface area contributed by atoms with Crippen LogP contribution in [-0.4, -0.2) is 0 Å². The number of rotatable bonds is 22. The Bertz CT molecular complexity index is 290. The van der Waals surface area contributed by atoms with Crippen molar-refractivity contribution in [1.82, 2.24) is 0 Å². The monoisotopic (exact) mass is 394 g/mol. The molecule has 0 aliphatic heterocycles. The first-order valence-corrected chi connectivity index (χ1v) is 13.6. The Kier molecular flexibility index (Phi) is 20.3. The van der Waals surface area contributed by atoms with Crippen LogP contribution in [0.25, 0.3) is 0 Å². The average molecular weight is 395 g/mol. The third-order valence-electron chi connectivity index (χ3n) is 7.09. The summed E-state index contributed by atoms with van der Waals surface area (Å²) in [4.78, 5) is 0. The van der Waals surface area contributed by atoms with E-state index >= 15 is 0 Å². The lowest BCUT2D eigenvalue weighted by atomic mass is 9.70. The molecule has 1 unspecified atom stereocenters. The molecule has 170 valence electrons. The van der Waals surface area contributed by atoms with Gasteiger partial charge in [-0.3, -0.25) is 0 Å². The van der Waals surface area contributed by atoms with E-state index in [-0.39, 0.29) is 0 Å². The highest BCUT2D eigenvalue weighted by molar-refractivity contribution is 4.79. The van der Waals surface area contributed by atoms with Crippen molar-refractivity contribution < 1.29 is 0 Å². The molecule has 0 aromatic carbocycles. The minimum atomic E-state index is 0.554. The fourth-order valence-corrected chi connectivity index (χ4v) is 4.83. The summed E-state index contributed by atoms with van der Waals surface area (Å²) in [5, 5.41) is 0. The van der Waals surface area contributed by atoms with Gasteiger partial charge in [0.2, 0.25) is 0 Å². The molecule has 0 aromatic rings. The van der Waals surface area contributed by atoms with Crippen LogP contribution in [0.3, 0.4) is 0 Å². The maximum Gasteiger partial charge on any atom is -0.0326 e.